The summed E-state index contributed by atoms with van der Waals surface area (Å²) in [7, 11) is 3.47. The van der Waals surface area contributed by atoms with Gasteiger partial charge in [-0.05, 0) is 59.3 Å². The predicted octanol–water partition coefficient (Wildman–Crippen LogP) is 3.65. The van der Waals surface area contributed by atoms with Crippen LogP contribution in [0.2, 0.25) is 0 Å². The highest BCUT2D eigenvalue weighted by Gasteiger charge is 2.23. The van der Waals surface area contributed by atoms with Crippen LogP contribution in [-0.2, 0) is 11.3 Å². The Hall–Kier alpha value is -2.92. The Balaban J connectivity index is 1.84. The number of carbonyl (C=O) groups excluding carboxylic acids is 1. The van der Waals surface area contributed by atoms with E-state index < -0.39 is 11.9 Å². The molecule has 0 aliphatic rings. The summed E-state index contributed by atoms with van der Waals surface area (Å²) in [6.45, 7) is 0.535. The number of nitrogens with zero attached hydrogens (tertiary/aromatic N) is 1. The first-order chi connectivity index (χ1) is 12.5. The van der Waals surface area contributed by atoms with Crippen molar-refractivity contribution in [2.75, 3.05) is 14.2 Å². The topological polar surface area (TPSA) is 55.6 Å². The van der Waals surface area contributed by atoms with E-state index in [2.05, 4.69) is 6.07 Å². The molecule has 0 aliphatic heterocycles. The van der Waals surface area contributed by atoms with E-state index in [0.717, 1.165) is 22.1 Å². The molecular weight excluding hydrogens is 331 g/mol. The standard InChI is InChI=1S/C21H21FN2O2/c1-24(20(21(23)25)15-5-8-18(22)9-6-15)13-14-3-4-17-12-19(26-2)10-7-16(17)11-14/h3-12,20H,13H2,1-2H3,(H2,23,25). The van der Waals surface area contributed by atoms with Gasteiger partial charge >= 0.3 is 0 Å². The van der Waals surface area contributed by atoms with Gasteiger partial charge in [0.1, 0.15) is 17.6 Å². The number of ether oxygens (including phenoxy) is 1. The molecule has 3 aromatic rings. The predicted molar refractivity (Wildman–Crippen MR) is 100 cm³/mol. The fraction of sp³-hybridized carbons (Fsp3) is 0.190. The molecule has 0 bridgehead atoms. The van der Waals surface area contributed by atoms with Crippen molar-refractivity contribution >= 4 is 16.7 Å². The maximum atomic E-state index is 13.2. The zero-order valence-electron chi connectivity index (χ0n) is 14.8. The number of methoxy groups -OCH3 is 1. The molecule has 4 nitrogen and oxygen atoms in total. The minimum atomic E-state index is -0.623. The summed E-state index contributed by atoms with van der Waals surface area (Å²) in [6, 6.07) is 17.2. The van der Waals surface area contributed by atoms with E-state index in [1.165, 1.54) is 12.1 Å². The van der Waals surface area contributed by atoms with Gasteiger partial charge in [0, 0.05) is 6.54 Å². The Morgan fingerprint density at radius 2 is 1.73 bits per heavy atom. The Bertz CT molecular complexity index is 925. The van der Waals surface area contributed by atoms with Crippen LogP contribution in [0, 0.1) is 5.82 Å². The monoisotopic (exact) mass is 352 g/mol. The number of benzene rings is 3. The second-order valence-corrected chi connectivity index (χ2v) is 6.32. The van der Waals surface area contributed by atoms with E-state index >= 15 is 0 Å². The van der Waals surface area contributed by atoms with E-state index in [0.29, 0.717) is 12.1 Å². The molecule has 0 heterocycles. The van der Waals surface area contributed by atoms with Crippen LogP contribution < -0.4 is 10.5 Å². The Kier molecular flexibility index (Phi) is 5.19. The van der Waals surface area contributed by atoms with Gasteiger partial charge in [0.25, 0.3) is 0 Å². The summed E-state index contributed by atoms with van der Waals surface area (Å²) in [6.07, 6.45) is 0. The van der Waals surface area contributed by atoms with Gasteiger partial charge in [-0.15, -0.1) is 0 Å². The highest BCUT2D eigenvalue weighted by Crippen LogP contribution is 2.25. The van der Waals surface area contributed by atoms with Crippen molar-refractivity contribution in [1.82, 2.24) is 4.90 Å². The van der Waals surface area contributed by atoms with Gasteiger partial charge in [-0.25, -0.2) is 4.39 Å². The van der Waals surface area contributed by atoms with E-state index in [9.17, 15) is 9.18 Å². The van der Waals surface area contributed by atoms with Crippen molar-refractivity contribution in [3.63, 3.8) is 0 Å². The molecule has 2 N–H and O–H groups in total. The first kappa shape index (κ1) is 17.9. The summed E-state index contributed by atoms with van der Waals surface area (Å²) in [5, 5.41) is 2.18. The number of amides is 1. The number of rotatable bonds is 6. The molecule has 1 amide bonds. The molecular formula is C21H21FN2O2. The van der Waals surface area contributed by atoms with E-state index in [1.54, 1.807) is 19.2 Å². The average molecular weight is 352 g/mol. The van der Waals surface area contributed by atoms with Gasteiger partial charge < -0.3 is 10.5 Å². The number of hydrogen-bond donors (Lipinski definition) is 1. The molecule has 1 atom stereocenters. The SMILES string of the molecule is COc1ccc2cc(CN(C)C(C(N)=O)c3ccc(F)cc3)ccc2c1. The van der Waals surface area contributed by atoms with Crippen LogP contribution in [-0.4, -0.2) is 25.0 Å². The van der Waals surface area contributed by atoms with Crippen LogP contribution in [0.25, 0.3) is 10.8 Å². The number of halogens is 1. The van der Waals surface area contributed by atoms with Gasteiger partial charge in [0.05, 0.1) is 7.11 Å². The van der Waals surface area contributed by atoms with Crippen LogP contribution in [0.5, 0.6) is 5.75 Å². The zero-order valence-corrected chi connectivity index (χ0v) is 14.8. The van der Waals surface area contributed by atoms with Crippen LogP contribution in [0.15, 0.2) is 60.7 Å². The molecule has 1 unspecified atom stereocenters. The molecule has 0 aliphatic carbocycles. The summed E-state index contributed by atoms with van der Waals surface area (Å²) in [5.74, 6) is 0.00156. The lowest BCUT2D eigenvalue weighted by atomic mass is 10.0. The van der Waals surface area contributed by atoms with Gasteiger partial charge in [-0.3, -0.25) is 9.69 Å². The van der Waals surface area contributed by atoms with E-state index in [4.69, 9.17) is 10.5 Å². The fourth-order valence-electron chi connectivity index (χ4n) is 3.16. The Labute approximate surface area is 152 Å². The van der Waals surface area contributed by atoms with Crippen LogP contribution in [0.4, 0.5) is 4.39 Å². The number of nitrogens with two attached hydrogens (primary N) is 1. The van der Waals surface area contributed by atoms with Crippen molar-refractivity contribution in [2.24, 2.45) is 5.73 Å². The van der Waals surface area contributed by atoms with Crippen LogP contribution in [0.3, 0.4) is 0 Å². The third-order valence-corrected chi connectivity index (χ3v) is 4.44. The van der Waals surface area contributed by atoms with Gasteiger partial charge in [0.2, 0.25) is 5.91 Å². The Morgan fingerprint density at radius 1 is 1.08 bits per heavy atom. The second-order valence-electron chi connectivity index (χ2n) is 6.32. The molecule has 0 fully saturated rings. The van der Waals surface area contributed by atoms with Crippen molar-refractivity contribution in [3.8, 4) is 5.75 Å². The number of carbonyl (C=O) groups is 1. The number of fused-ring (bicyclic) bond motifs is 1. The summed E-state index contributed by atoms with van der Waals surface area (Å²) in [4.78, 5) is 13.8. The summed E-state index contributed by atoms with van der Waals surface area (Å²) in [5.41, 5.74) is 7.32. The normalized spacial score (nSPS) is 12.3. The minimum absolute atomic E-state index is 0.343. The van der Waals surface area contributed by atoms with Crippen LogP contribution >= 0.6 is 0 Å². The minimum Gasteiger partial charge on any atom is -0.497 e. The number of primary amides is 1. The molecule has 3 rings (SSSR count). The smallest absolute Gasteiger partial charge is 0.239 e. The fourth-order valence-corrected chi connectivity index (χ4v) is 3.16. The lowest BCUT2D eigenvalue weighted by Crippen LogP contribution is -2.35. The summed E-state index contributed by atoms with van der Waals surface area (Å²) < 4.78 is 18.4. The number of likely N-dealkylation sites (N-methyl/N-ethyl adjacent to an activating group) is 1. The molecule has 0 radical (unpaired) electrons. The van der Waals surface area contributed by atoms with Gasteiger partial charge in [0.15, 0.2) is 0 Å². The molecule has 5 heteroatoms. The molecule has 3 aromatic carbocycles. The van der Waals surface area contributed by atoms with Crippen LogP contribution in [0.1, 0.15) is 17.2 Å². The third kappa shape index (κ3) is 3.83. The van der Waals surface area contributed by atoms with E-state index in [1.807, 2.05) is 42.3 Å². The maximum Gasteiger partial charge on any atom is 0.239 e. The molecule has 26 heavy (non-hydrogen) atoms. The third-order valence-electron chi connectivity index (χ3n) is 4.44. The summed E-state index contributed by atoms with van der Waals surface area (Å²) >= 11 is 0. The molecule has 0 saturated carbocycles. The number of hydrogen-bond acceptors (Lipinski definition) is 3. The Morgan fingerprint density at radius 3 is 2.38 bits per heavy atom. The van der Waals surface area contributed by atoms with Crippen molar-refractivity contribution in [3.05, 3.63) is 77.6 Å². The van der Waals surface area contributed by atoms with Crippen molar-refractivity contribution in [1.29, 1.82) is 0 Å². The van der Waals surface area contributed by atoms with Crippen molar-refractivity contribution in [2.45, 2.75) is 12.6 Å². The first-order valence-electron chi connectivity index (χ1n) is 8.29. The molecule has 134 valence electrons. The first-order valence-corrected chi connectivity index (χ1v) is 8.29. The van der Waals surface area contributed by atoms with E-state index in [-0.39, 0.29) is 5.82 Å². The lowest BCUT2D eigenvalue weighted by molar-refractivity contribution is -0.123. The van der Waals surface area contributed by atoms with Gasteiger partial charge in [-0.1, -0.05) is 30.3 Å². The largest absolute Gasteiger partial charge is 0.497 e. The average Bonchev–Trinajstić information content (AvgIpc) is 2.62. The second kappa shape index (κ2) is 7.54. The highest BCUT2D eigenvalue weighted by molar-refractivity contribution is 5.84. The van der Waals surface area contributed by atoms with Gasteiger partial charge in [-0.2, -0.15) is 0 Å². The van der Waals surface area contributed by atoms with Crippen molar-refractivity contribution < 1.29 is 13.9 Å². The maximum absolute atomic E-state index is 13.2. The zero-order chi connectivity index (χ0) is 18.7. The molecule has 0 aromatic heterocycles. The molecule has 0 spiro atoms. The quantitative estimate of drug-likeness (QED) is 0.737. The highest BCUT2D eigenvalue weighted by atomic mass is 19.1. The molecule has 0 saturated heterocycles. The lowest BCUT2D eigenvalue weighted by Gasteiger charge is -2.26.